The molecule has 0 radical (unpaired) electrons. The molecule has 2 amide bonds. The number of amides is 2. The summed E-state index contributed by atoms with van der Waals surface area (Å²) < 4.78 is 0. The highest BCUT2D eigenvalue weighted by Gasteiger charge is 2.32. The predicted octanol–water partition coefficient (Wildman–Crippen LogP) is 1.95. The Balaban J connectivity index is 2.26. The second-order valence-electron chi connectivity index (χ2n) is 3.69. The molecule has 3 nitrogen and oxygen atoms in total. The molecule has 74 valence electrons. The van der Waals surface area contributed by atoms with Crippen molar-refractivity contribution in [3.8, 4) is 0 Å². The smallest absolute Gasteiger partial charge is 0.323 e. The van der Waals surface area contributed by atoms with Crippen LogP contribution in [0, 0.1) is 0 Å². The van der Waals surface area contributed by atoms with Crippen molar-refractivity contribution in [3.05, 3.63) is 30.3 Å². The van der Waals surface area contributed by atoms with Crippen molar-refractivity contribution >= 4 is 11.7 Å². The largest absolute Gasteiger partial charge is 0.324 e. The van der Waals surface area contributed by atoms with E-state index in [2.05, 4.69) is 6.92 Å². The number of hydrogen-bond donors (Lipinski definition) is 0. The second kappa shape index (κ2) is 3.33. The molecule has 1 aliphatic rings. The Morgan fingerprint density at radius 1 is 1.29 bits per heavy atom. The molecule has 1 heterocycles. The molecule has 0 bridgehead atoms. The molecule has 0 aromatic heterocycles. The summed E-state index contributed by atoms with van der Waals surface area (Å²) in [6.07, 6.45) is 0. The van der Waals surface area contributed by atoms with Crippen LogP contribution in [0.1, 0.15) is 6.92 Å². The fourth-order valence-electron chi connectivity index (χ4n) is 1.67. The summed E-state index contributed by atoms with van der Waals surface area (Å²) in [6, 6.07) is 10.2. The lowest BCUT2D eigenvalue weighted by atomic mass is 10.3. The van der Waals surface area contributed by atoms with Crippen molar-refractivity contribution in [2.24, 2.45) is 0 Å². The van der Waals surface area contributed by atoms with Crippen LogP contribution in [0.15, 0.2) is 30.3 Å². The molecular weight excluding hydrogens is 176 g/mol. The van der Waals surface area contributed by atoms with Crippen LogP contribution in [0.2, 0.25) is 0 Å². The van der Waals surface area contributed by atoms with E-state index in [1.54, 1.807) is 4.90 Å². The second-order valence-corrected chi connectivity index (χ2v) is 3.69. The molecule has 3 heteroatoms. The highest BCUT2D eigenvalue weighted by atomic mass is 16.2. The Labute approximate surface area is 83.9 Å². The lowest BCUT2D eigenvalue weighted by molar-refractivity contribution is 0.221. The molecular formula is C11H14N2O. The van der Waals surface area contributed by atoms with Crippen LogP contribution >= 0.6 is 0 Å². The Kier molecular flexibility index (Phi) is 2.15. The number of nitrogens with zero attached hydrogens (tertiary/aromatic N) is 2. The van der Waals surface area contributed by atoms with Gasteiger partial charge in [0.1, 0.15) is 0 Å². The van der Waals surface area contributed by atoms with Gasteiger partial charge in [0.25, 0.3) is 0 Å². The average molecular weight is 190 g/mol. The number of benzene rings is 1. The maximum atomic E-state index is 11.8. The molecule has 14 heavy (non-hydrogen) atoms. The number of likely N-dealkylation sites (N-methyl/N-ethyl adjacent to an activating group) is 1. The van der Waals surface area contributed by atoms with Crippen LogP contribution in [0.4, 0.5) is 10.5 Å². The van der Waals surface area contributed by atoms with Gasteiger partial charge in [-0.25, -0.2) is 4.79 Å². The van der Waals surface area contributed by atoms with Crippen molar-refractivity contribution in [1.29, 1.82) is 0 Å². The van der Waals surface area contributed by atoms with Crippen LogP contribution in [-0.4, -0.2) is 30.6 Å². The Morgan fingerprint density at radius 3 is 2.43 bits per heavy atom. The van der Waals surface area contributed by atoms with Crippen molar-refractivity contribution < 1.29 is 4.79 Å². The molecule has 2 rings (SSSR count). The minimum absolute atomic E-state index is 0.0868. The summed E-state index contributed by atoms with van der Waals surface area (Å²) in [6.45, 7) is 2.83. The van der Waals surface area contributed by atoms with Crippen molar-refractivity contribution in [2.75, 3.05) is 18.5 Å². The molecule has 1 saturated heterocycles. The first-order valence-electron chi connectivity index (χ1n) is 4.79. The molecule has 1 fully saturated rings. The number of urea groups is 1. The lowest BCUT2D eigenvalue weighted by Gasteiger charge is -2.15. The third-order valence-corrected chi connectivity index (χ3v) is 2.71. The average Bonchev–Trinajstić information content (AvgIpc) is 2.47. The van der Waals surface area contributed by atoms with E-state index in [-0.39, 0.29) is 6.03 Å². The third-order valence-electron chi connectivity index (χ3n) is 2.71. The van der Waals surface area contributed by atoms with Gasteiger partial charge in [0.05, 0.1) is 0 Å². The molecule has 0 aliphatic carbocycles. The number of carbonyl (C=O) groups excluding carboxylic acids is 1. The van der Waals surface area contributed by atoms with Gasteiger partial charge in [-0.2, -0.15) is 0 Å². The maximum absolute atomic E-state index is 11.8. The van der Waals surface area contributed by atoms with Crippen LogP contribution < -0.4 is 4.90 Å². The topological polar surface area (TPSA) is 23.6 Å². The Hall–Kier alpha value is -1.51. The third kappa shape index (κ3) is 1.35. The zero-order valence-corrected chi connectivity index (χ0v) is 8.47. The minimum Gasteiger partial charge on any atom is -0.323 e. The van der Waals surface area contributed by atoms with Crippen molar-refractivity contribution in [2.45, 2.75) is 13.0 Å². The van der Waals surface area contributed by atoms with Gasteiger partial charge in [-0.1, -0.05) is 18.2 Å². The maximum Gasteiger partial charge on any atom is 0.324 e. The van der Waals surface area contributed by atoms with Gasteiger partial charge in [0.15, 0.2) is 0 Å². The molecule has 1 aromatic rings. The molecule has 1 atom stereocenters. The zero-order chi connectivity index (χ0) is 10.1. The van der Waals surface area contributed by atoms with E-state index in [9.17, 15) is 4.79 Å². The van der Waals surface area contributed by atoms with E-state index < -0.39 is 0 Å². The van der Waals surface area contributed by atoms with E-state index in [1.165, 1.54) is 0 Å². The number of para-hydroxylation sites is 1. The zero-order valence-electron chi connectivity index (χ0n) is 8.47. The van der Waals surface area contributed by atoms with Crippen LogP contribution in [-0.2, 0) is 0 Å². The summed E-state index contributed by atoms with van der Waals surface area (Å²) in [7, 11) is 1.84. The number of anilines is 1. The van der Waals surface area contributed by atoms with Crippen molar-refractivity contribution in [3.63, 3.8) is 0 Å². The fourth-order valence-corrected chi connectivity index (χ4v) is 1.67. The molecule has 0 unspecified atom stereocenters. The van der Waals surface area contributed by atoms with Crippen LogP contribution in [0.5, 0.6) is 0 Å². The number of carbonyl (C=O) groups is 1. The Bertz CT molecular complexity index is 336. The molecule has 1 aromatic carbocycles. The lowest BCUT2D eigenvalue weighted by Crippen LogP contribution is -2.30. The monoisotopic (exact) mass is 190 g/mol. The first-order valence-corrected chi connectivity index (χ1v) is 4.79. The summed E-state index contributed by atoms with van der Waals surface area (Å²) in [5.41, 5.74) is 0.980. The highest BCUT2D eigenvalue weighted by Crippen LogP contribution is 2.21. The summed E-state index contributed by atoms with van der Waals surface area (Å²) in [5.74, 6) is 0. The van der Waals surface area contributed by atoms with E-state index in [4.69, 9.17) is 0 Å². The van der Waals surface area contributed by atoms with E-state index in [1.807, 2.05) is 42.3 Å². The molecule has 0 saturated carbocycles. The van der Waals surface area contributed by atoms with Gasteiger partial charge in [-0.15, -0.1) is 0 Å². The first kappa shape index (κ1) is 9.06. The van der Waals surface area contributed by atoms with Gasteiger partial charge in [-0.05, 0) is 19.1 Å². The minimum atomic E-state index is 0.0868. The normalized spacial score (nSPS) is 21.9. The highest BCUT2D eigenvalue weighted by molar-refractivity contribution is 5.94. The number of hydrogen-bond acceptors (Lipinski definition) is 1. The summed E-state index contributed by atoms with van der Waals surface area (Å²) >= 11 is 0. The SMILES string of the molecule is C[C@H]1CN(c2ccccc2)C(=O)N1C. The van der Waals surface area contributed by atoms with Crippen LogP contribution in [0.3, 0.4) is 0 Å². The standard InChI is InChI=1S/C11H14N2O/c1-9-8-13(11(14)12(9)2)10-6-4-3-5-7-10/h3-7,9H,8H2,1-2H3/t9-/m0/s1. The predicted molar refractivity (Wildman–Crippen MR) is 56.4 cm³/mol. The molecule has 0 N–H and O–H groups in total. The van der Waals surface area contributed by atoms with Crippen LogP contribution in [0.25, 0.3) is 0 Å². The van der Waals surface area contributed by atoms with E-state index in [0.29, 0.717) is 6.04 Å². The first-order chi connectivity index (χ1) is 6.70. The fraction of sp³-hybridized carbons (Fsp3) is 0.364. The number of rotatable bonds is 1. The van der Waals surface area contributed by atoms with Gasteiger partial charge in [0.2, 0.25) is 0 Å². The summed E-state index contributed by atoms with van der Waals surface area (Å²) in [5, 5.41) is 0. The van der Waals surface area contributed by atoms with E-state index >= 15 is 0 Å². The van der Waals surface area contributed by atoms with Crippen molar-refractivity contribution in [1.82, 2.24) is 4.90 Å². The summed E-state index contributed by atoms with van der Waals surface area (Å²) in [4.78, 5) is 15.3. The van der Waals surface area contributed by atoms with Gasteiger partial charge in [-0.3, -0.25) is 4.90 Å². The van der Waals surface area contributed by atoms with E-state index in [0.717, 1.165) is 12.2 Å². The quantitative estimate of drug-likeness (QED) is 0.664. The van der Waals surface area contributed by atoms with Gasteiger partial charge >= 0.3 is 6.03 Å². The Morgan fingerprint density at radius 2 is 1.93 bits per heavy atom. The molecule has 0 spiro atoms. The van der Waals surface area contributed by atoms with Gasteiger partial charge in [0, 0.05) is 25.3 Å². The molecule has 1 aliphatic heterocycles. The van der Waals surface area contributed by atoms with Gasteiger partial charge < -0.3 is 4.90 Å².